The summed E-state index contributed by atoms with van der Waals surface area (Å²) in [6, 6.07) is 8.67. The van der Waals surface area contributed by atoms with Gasteiger partial charge in [-0.05, 0) is 55.2 Å². The number of nitrogens with zero attached hydrogens (tertiary/aromatic N) is 7. The number of piperidine rings is 1. The van der Waals surface area contributed by atoms with Crippen LogP contribution in [0.4, 0.5) is 20.7 Å². The number of hydrogen-bond acceptors (Lipinski definition) is 8. The van der Waals surface area contributed by atoms with Gasteiger partial charge < -0.3 is 19.4 Å². The maximum absolute atomic E-state index is 15.1. The summed E-state index contributed by atoms with van der Waals surface area (Å²) in [5.41, 5.74) is 3.88. The predicted molar refractivity (Wildman–Crippen MR) is 154 cm³/mol. The molecule has 41 heavy (non-hydrogen) atoms. The van der Waals surface area contributed by atoms with Crippen LogP contribution in [0.25, 0.3) is 22.0 Å². The Morgan fingerprint density at radius 1 is 1.10 bits per heavy atom. The van der Waals surface area contributed by atoms with Crippen molar-refractivity contribution in [3.05, 3.63) is 59.8 Å². The van der Waals surface area contributed by atoms with E-state index in [9.17, 15) is 9.90 Å². The zero-order valence-corrected chi connectivity index (χ0v) is 23.5. The Kier molecular flexibility index (Phi) is 7.29. The zero-order chi connectivity index (χ0) is 28.7. The first kappa shape index (κ1) is 27.1. The molecule has 0 spiro atoms. The van der Waals surface area contributed by atoms with Crippen molar-refractivity contribution in [2.45, 2.75) is 45.4 Å². The van der Waals surface area contributed by atoms with Crippen LogP contribution in [0.5, 0.6) is 0 Å². The zero-order valence-electron chi connectivity index (χ0n) is 23.5. The molecule has 0 bridgehead atoms. The topological polar surface area (TPSA) is 112 Å². The molecule has 2 aliphatic rings. The second-order valence-electron chi connectivity index (χ2n) is 11.1. The number of fused-ring (bicyclic) bond motifs is 1. The van der Waals surface area contributed by atoms with Gasteiger partial charge in [-0.3, -0.25) is 4.90 Å². The number of aryl methyl sites for hydroxylation is 1. The van der Waals surface area contributed by atoms with E-state index < -0.39 is 0 Å². The minimum atomic E-state index is -0.359. The molecule has 0 aliphatic carbocycles. The Bertz CT molecular complexity index is 1580. The molecule has 0 saturated carbocycles. The van der Waals surface area contributed by atoms with Gasteiger partial charge in [-0.2, -0.15) is 4.98 Å². The van der Waals surface area contributed by atoms with Crippen LogP contribution in [0, 0.1) is 12.7 Å². The van der Waals surface area contributed by atoms with Crippen LogP contribution < -0.4 is 9.80 Å². The van der Waals surface area contributed by atoms with E-state index in [4.69, 9.17) is 4.52 Å². The van der Waals surface area contributed by atoms with Crippen molar-refractivity contribution in [1.82, 2.24) is 25.0 Å². The number of carbonyl (C=O) groups is 1. The first-order valence-electron chi connectivity index (χ1n) is 14.1. The molecule has 0 unspecified atom stereocenters. The summed E-state index contributed by atoms with van der Waals surface area (Å²) in [4.78, 5) is 32.1. The van der Waals surface area contributed by atoms with Crippen LogP contribution in [0.15, 0.2) is 41.2 Å². The number of urea groups is 1. The van der Waals surface area contributed by atoms with Crippen molar-refractivity contribution < 1.29 is 18.8 Å². The number of aliphatic hydroxyl groups is 1. The Balaban J connectivity index is 1.27. The average molecular weight is 560 g/mol. The maximum Gasteiger partial charge on any atom is 0.324 e. The molecule has 2 aliphatic heterocycles. The summed E-state index contributed by atoms with van der Waals surface area (Å²) < 4.78 is 20.5. The summed E-state index contributed by atoms with van der Waals surface area (Å²) in [6.45, 7) is 8.86. The van der Waals surface area contributed by atoms with Crippen molar-refractivity contribution in [2.75, 3.05) is 49.1 Å². The SMILES string of the molecule is Cc1cc(-c2cc(F)cc3c(N4CCC(c5noc(C(C)C)n5)CC4)ncnc23)ccc1N1CCN(CCO)C1=O. The van der Waals surface area contributed by atoms with Crippen LogP contribution >= 0.6 is 0 Å². The van der Waals surface area contributed by atoms with E-state index >= 15 is 4.39 Å². The number of halogens is 1. The Morgan fingerprint density at radius 3 is 2.61 bits per heavy atom. The lowest BCUT2D eigenvalue weighted by molar-refractivity contribution is 0.199. The number of aliphatic hydroxyl groups excluding tert-OH is 1. The molecule has 4 aromatic rings. The molecule has 2 amide bonds. The van der Waals surface area contributed by atoms with Gasteiger partial charge in [0.05, 0.1) is 12.1 Å². The quantitative estimate of drug-likeness (QED) is 0.341. The van der Waals surface area contributed by atoms with Gasteiger partial charge in [0, 0.05) is 61.2 Å². The number of β-amino-alcohol motifs (C(OH)–C–C–N with tert-alkyl or cyclic N) is 1. The smallest absolute Gasteiger partial charge is 0.324 e. The van der Waals surface area contributed by atoms with E-state index in [1.165, 1.54) is 12.1 Å². The third kappa shape index (κ3) is 5.10. The molecule has 1 N–H and O–H groups in total. The summed E-state index contributed by atoms with van der Waals surface area (Å²) in [5, 5.41) is 14.1. The molecule has 10 nitrogen and oxygen atoms in total. The van der Waals surface area contributed by atoms with Gasteiger partial charge in [0.25, 0.3) is 0 Å². The summed E-state index contributed by atoms with van der Waals surface area (Å²) >= 11 is 0. The van der Waals surface area contributed by atoms with Crippen LogP contribution in [-0.4, -0.2) is 75.5 Å². The van der Waals surface area contributed by atoms with E-state index in [2.05, 4.69) is 25.0 Å². The van der Waals surface area contributed by atoms with Gasteiger partial charge in [0.2, 0.25) is 5.89 Å². The first-order valence-corrected chi connectivity index (χ1v) is 14.1. The van der Waals surface area contributed by atoms with E-state index in [1.807, 2.05) is 39.0 Å². The van der Waals surface area contributed by atoms with Crippen molar-refractivity contribution >= 4 is 28.4 Å². The van der Waals surface area contributed by atoms with Crippen LogP contribution in [-0.2, 0) is 0 Å². The lowest BCUT2D eigenvalue weighted by Gasteiger charge is -2.32. The Morgan fingerprint density at radius 2 is 1.90 bits per heavy atom. The van der Waals surface area contributed by atoms with Gasteiger partial charge in [0.1, 0.15) is 18.0 Å². The number of aromatic nitrogens is 4. The molecule has 2 saturated heterocycles. The fourth-order valence-corrected chi connectivity index (χ4v) is 5.85. The highest BCUT2D eigenvalue weighted by Gasteiger charge is 2.30. The van der Waals surface area contributed by atoms with E-state index in [-0.39, 0.29) is 30.3 Å². The summed E-state index contributed by atoms with van der Waals surface area (Å²) in [5.74, 6) is 2.17. The van der Waals surface area contributed by atoms with Crippen molar-refractivity contribution in [2.24, 2.45) is 0 Å². The number of rotatable bonds is 7. The fraction of sp³-hybridized carbons (Fsp3) is 0.433. The molecule has 6 rings (SSSR count). The number of anilines is 2. The van der Waals surface area contributed by atoms with Gasteiger partial charge >= 0.3 is 6.03 Å². The number of hydrogen-bond donors (Lipinski definition) is 1. The van der Waals surface area contributed by atoms with Crippen LogP contribution in [0.3, 0.4) is 0 Å². The van der Waals surface area contributed by atoms with Crippen LogP contribution in [0.1, 0.15) is 55.8 Å². The number of carbonyl (C=O) groups excluding carboxylic acids is 1. The Labute approximate surface area is 237 Å². The normalized spacial score (nSPS) is 16.5. The predicted octanol–water partition coefficient (Wildman–Crippen LogP) is 4.87. The van der Waals surface area contributed by atoms with Gasteiger partial charge in [-0.15, -0.1) is 0 Å². The lowest BCUT2D eigenvalue weighted by atomic mass is 9.95. The average Bonchev–Trinajstić information content (AvgIpc) is 3.60. The van der Waals surface area contributed by atoms with Crippen molar-refractivity contribution in [1.29, 1.82) is 0 Å². The summed E-state index contributed by atoms with van der Waals surface area (Å²) in [7, 11) is 0. The minimum Gasteiger partial charge on any atom is -0.395 e. The molecule has 2 fully saturated rings. The van der Waals surface area contributed by atoms with Gasteiger partial charge in [-0.25, -0.2) is 19.2 Å². The first-order chi connectivity index (χ1) is 19.8. The van der Waals surface area contributed by atoms with Gasteiger partial charge in [-0.1, -0.05) is 25.1 Å². The lowest BCUT2D eigenvalue weighted by Crippen LogP contribution is -2.34. The molecular weight excluding hydrogens is 525 g/mol. The highest BCUT2D eigenvalue weighted by Crippen LogP contribution is 2.37. The number of amides is 2. The third-order valence-corrected chi connectivity index (χ3v) is 8.06. The van der Waals surface area contributed by atoms with Gasteiger partial charge in [0.15, 0.2) is 5.82 Å². The fourth-order valence-electron chi connectivity index (χ4n) is 5.85. The molecule has 0 radical (unpaired) electrons. The molecule has 214 valence electrons. The minimum absolute atomic E-state index is 0.0655. The maximum atomic E-state index is 15.1. The van der Waals surface area contributed by atoms with Crippen molar-refractivity contribution in [3.63, 3.8) is 0 Å². The molecular formula is C30H34FN7O3. The van der Waals surface area contributed by atoms with Crippen LogP contribution in [0.2, 0.25) is 0 Å². The van der Waals surface area contributed by atoms with E-state index in [0.717, 1.165) is 48.6 Å². The van der Waals surface area contributed by atoms with E-state index in [0.29, 0.717) is 47.8 Å². The number of benzene rings is 2. The largest absolute Gasteiger partial charge is 0.395 e. The molecule has 2 aromatic carbocycles. The summed E-state index contributed by atoms with van der Waals surface area (Å²) in [6.07, 6.45) is 3.23. The standard InChI is InChI=1S/C30H34FN7O3/c1-18(2)29-34-27(35-41-29)20-6-8-36(9-7-20)28-24-16-22(31)15-23(26(24)32-17-33-28)21-4-5-25(19(3)14-21)38-11-10-37(12-13-39)30(38)40/h4-5,14-18,20,39H,6-13H2,1-3H3. The second-order valence-corrected chi connectivity index (χ2v) is 11.1. The van der Waals surface area contributed by atoms with Crippen molar-refractivity contribution in [3.8, 4) is 11.1 Å². The molecule has 0 atom stereocenters. The highest BCUT2D eigenvalue weighted by atomic mass is 19.1. The third-order valence-electron chi connectivity index (χ3n) is 8.06. The van der Waals surface area contributed by atoms with E-state index in [1.54, 1.807) is 16.1 Å². The molecule has 11 heteroatoms. The highest BCUT2D eigenvalue weighted by molar-refractivity contribution is 6.00. The Hall–Kier alpha value is -4.12. The second kappa shape index (κ2) is 11.0. The molecule has 4 heterocycles. The molecule has 2 aromatic heterocycles. The monoisotopic (exact) mass is 559 g/mol.